The van der Waals surface area contributed by atoms with Crippen molar-refractivity contribution in [2.75, 3.05) is 6.61 Å². The predicted octanol–water partition coefficient (Wildman–Crippen LogP) is 2.79. The van der Waals surface area contributed by atoms with Crippen LogP contribution in [0, 0.1) is 5.82 Å². The SMILES string of the molecule is CC(=O)OC/C(C)=C/c1ccc(F)cc1. The van der Waals surface area contributed by atoms with Crippen molar-refractivity contribution < 1.29 is 13.9 Å². The molecule has 0 unspecified atom stereocenters. The van der Waals surface area contributed by atoms with Crippen LogP contribution in [0.15, 0.2) is 29.8 Å². The van der Waals surface area contributed by atoms with Crippen molar-refractivity contribution in [3.05, 3.63) is 41.2 Å². The van der Waals surface area contributed by atoms with E-state index in [0.29, 0.717) is 0 Å². The normalized spacial score (nSPS) is 11.3. The van der Waals surface area contributed by atoms with E-state index in [9.17, 15) is 9.18 Å². The molecule has 15 heavy (non-hydrogen) atoms. The lowest BCUT2D eigenvalue weighted by Gasteiger charge is -2.02. The Morgan fingerprint density at radius 3 is 2.47 bits per heavy atom. The molecule has 0 saturated heterocycles. The summed E-state index contributed by atoms with van der Waals surface area (Å²) in [5.74, 6) is -0.563. The fraction of sp³-hybridized carbons (Fsp3) is 0.250. The van der Waals surface area contributed by atoms with Crippen LogP contribution in [-0.4, -0.2) is 12.6 Å². The Bertz CT molecular complexity index is 366. The number of esters is 1. The fourth-order valence-electron chi connectivity index (χ4n) is 1.10. The van der Waals surface area contributed by atoms with Gasteiger partial charge in [0, 0.05) is 6.92 Å². The molecule has 0 amide bonds. The fourth-order valence-corrected chi connectivity index (χ4v) is 1.10. The third kappa shape index (κ3) is 4.40. The van der Waals surface area contributed by atoms with E-state index in [1.54, 1.807) is 12.1 Å². The second kappa shape index (κ2) is 5.29. The van der Waals surface area contributed by atoms with E-state index in [-0.39, 0.29) is 18.4 Å². The molecule has 0 atom stereocenters. The number of hydrogen-bond donors (Lipinski definition) is 0. The van der Waals surface area contributed by atoms with Gasteiger partial charge in [0.15, 0.2) is 0 Å². The minimum Gasteiger partial charge on any atom is -0.461 e. The van der Waals surface area contributed by atoms with Crippen LogP contribution >= 0.6 is 0 Å². The number of halogens is 1. The maximum absolute atomic E-state index is 12.6. The van der Waals surface area contributed by atoms with E-state index in [4.69, 9.17) is 4.74 Å². The molecule has 0 fully saturated rings. The number of benzene rings is 1. The van der Waals surface area contributed by atoms with Gasteiger partial charge in [0.1, 0.15) is 12.4 Å². The van der Waals surface area contributed by atoms with Gasteiger partial charge in [-0.25, -0.2) is 4.39 Å². The summed E-state index contributed by atoms with van der Waals surface area (Å²) in [4.78, 5) is 10.5. The van der Waals surface area contributed by atoms with E-state index >= 15 is 0 Å². The van der Waals surface area contributed by atoms with Crippen LogP contribution in [0.3, 0.4) is 0 Å². The predicted molar refractivity (Wildman–Crippen MR) is 56.7 cm³/mol. The molecule has 1 aromatic rings. The lowest BCUT2D eigenvalue weighted by atomic mass is 10.1. The molecule has 1 rings (SSSR count). The molecule has 0 aliphatic heterocycles. The Labute approximate surface area is 88.4 Å². The average molecular weight is 208 g/mol. The first-order chi connectivity index (χ1) is 7.08. The maximum atomic E-state index is 12.6. The van der Waals surface area contributed by atoms with Gasteiger partial charge in [-0.2, -0.15) is 0 Å². The zero-order valence-corrected chi connectivity index (χ0v) is 8.79. The summed E-state index contributed by atoms with van der Waals surface area (Å²) < 4.78 is 17.4. The summed E-state index contributed by atoms with van der Waals surface area (Å²) in [7, 11) is 0. The molecule has 80 valence electrons. The van der Waals surface area contributed by atoms with E-state index < -0.39 is 0 Å². The molecule has 0 aliphatic rings. The summed E-state index contributed by atoms with van der Waals surface area (Å²) >= 11 is 0. The number of carbonyl (C=O) groups excluding carboxylic acids is 1. The molecule has 0 radical (unpaired) electrons. The largest absolute Gasteiger partial charge is 0.461 e. The van der Waals surface area contributed by atoms with Crippen molar-refractivity contribution in [1.82, 2.24) is 0 Å². The highest BCUT2D eigenvalue weighted by molar-refractivity contribution is 5.66. The Kier molecular flexibility index (Phi) is 4.03. The first-order valence-electron chi connectivity index (χ1n) is 4.64. The van der Waals surface area contributed by atoms with Gasteiger partial charge in [0.2, 0.25) is 0 Å². The minimum atomic E-state index is -0.304. The Morgan fingerprint density at radius 2 is 1.93 bits per heavy atom. The van der Waals surface area contributed by atoms with Crippen molar-refractivity contribution in [3.8, 4) is 0 Å². The van der Waals surface area contributed by atoms with Crippen molar-refractivity contribution in [3.63, 3.8) is 0 Å². The Balaban J connectivity index is 2.62. The molecule has 0 aliphatic carbocycles. The quantitative estimate of drug-likeness (QED) is 0.714. The second-order valence-electron chi connectivity index (χ2n) is 3.32. The molecule has 0 saturated carbocycles. The van der Waals surface area contributed by atoms with Gasteiger partial charge in [0.05, 0.1) is 0 Å². The van der Waals surface area contributed by atoms with Crippen molar-refractivity contribution >= 4 is 12.0 Å². The molecule has 0 N–H and O–H groups in total. The summed E-state index contributed by atoms with van der Waals surface area (Å²) in [5.41, 5.74) is 1.80. The average Bonchev–Trinajstić information content (AvgIpc) is 2.19. The zero-order valence-electron chi connectivity index (χ0n) is 8.79. The highest BCUT2D eigenvalue weighted by atomic mass is 19.1. The maximum Gasteiger partial charge on any atom is 0.302 e. The van der Waals surface area contributed by atoms with Gasteiger partial charge in [-0.3, -0.25) is 4.79 Å². The number of hydrogen-bond acceptors (Lipinski definition) is 2. The summed E-state index contributed by atoms with van der Waals surface area (Å²) in [6.45, 7) is 3.49. The van der Waals surface area contributed by atoms with Crippen LogP contribution in [0.5, 0.6) is 0 Å². The van der Waals surface area contributed by atoms with Gasteiger partial charge in [-0.15, -0.1) is 0 Å². The topological polar surface area (TPSA) is 26.3 Å². The van der Waals surface area contributed by atoms with Crippen molar-refractivity contribution in [2.24, 2.45) is 0 Å². The van der Waals surface area contributed by atoms with Crippen LogP contribution < -0.4 is 0 Å². The van der Waals surface area contributed by atoms with Crippen molar-refractivity contribution in [2.45, 2.75) is 13.8 Å². The third-order valence-electron chi connectivity index (χ3n) is 1.79. The van der Waals surface area contributed by atoms with Crippen LogP contribution in [-0.2, 0) is 9.53 Å². The molecule has 0 aromatic heterocycles. The third-order valence-corrected chi connectivity index (χ3v) is 1.79. The molecule has 0 heterocycles. The van der Waals surface area contributed by atoms with Gasteiger partial charge in [0.25, 0.3) is 0 Å². The summed E-state index contributed by atoms with van der Waals surface area (Å²) in [6, 6.07) is 6.13. The molecule has 3 heteroatoms. The molecule has 0 bridgehead atoms. The molecule has 1 aromatic carbocycles. The molecule has 0 spiro atoms. The van der Waals surface area contributed by atoms with Crippen LogP contribution in [0.1, 0.15) is 19.4 Å². The monoisotopic (exact) mass is 208 g/mol. The standard InChI is InChI=1S/C12H13FO2/c1-9(8-15-10(2)14)7-11-3-5-12(13)6-4-11/h3-7H,8H2,1-2H3/b9-7+. The lowest BCUT2D eigenvalue weighted by molar-refractivity contribution is -0.139. The summed E-state index contributed by atoms with van der Waals surface area (Å²) in [6.07, 6.45) is 1.85. The second-order valence-corrected chi connectivity index (χ2v) is 3.32. The highest BCUT2D eigenvalue weighted by Crippen LogP contribution is 2.08. The van der Waals surface area contributed by atoms with Crippen molar-refractivity contribution in [1.29, 1.82) is 0 Å². The smallest absolute Gasteiger partial charge is 0.302 e. The minimum absolute atomic E-state index is 0.259. The van der Waals surface area contributed by atoms with Gasteiger partial charge in [-0.1, -0.05) is 18.2 Å². The Hall–Kier alpha value is -1.64. The number of ether oxygens (including phenoxy) is 1. The van der Waals surface area contributed by atoms with Crippen LogP contribution in [0.2, 0.25) is 0 Å². The van der Waals surface area contributed by atoms with Gasteiger partial charge >= 0.3 is 5.97 Å². The van der Waals surface area contributed by atoms with E-state index in [2.05, 4.69) is 0 Å². The van der Waals surface area contributed by atoms with Gasteiger partial charge < -0.3 is 4.74 Å². The zero-order chi connectivity index (χ0) is 11.3. The first kappa shape index (κ1) is 11.4. The molecule has 2 nitrogen and oxygen atoms in total. The van der Waals surface area contributed by atoms with E-state index in [0.717, 1.165) is 11.1 Å². The number of rotatable bonds is 3. The number of carbonyl (C=O) groups is 1. The molecular weight excluding hydrogens is 195 g/mol. The molecular formula is C12H13FO2. The summed E-state index contributed by atoms with van der Waals surface area (Å²) in [5, 5.41) is 0. The van der Waals surface area contributed by atoms with Gasteiger partial charge in [-0.05, 0) is 30.2 Å². The van der Waals surface area contributed by atoms with Crippen LogP contribution in [0.4, 0.5) is 4.39 Å². The highest BCUT2D eigenvalue weighted by Gasteiger charge is 1.95. The lowest BCUT2D eigenvalue weighted by Crippen LogP contribution is -2.01. The van der Waals surface area contributed by atoms with E-state index in [1.165, 1.54) is 19.1 Å². The van der Waals surface area contributed by atoms with E-state index in [1.807, 2.05) is 13.0 Å². The van der Waals surface area contributed by atoms with Crippen LogP contribution in [0.25, 0.3) is 6.08 Å². The first-order valence-corrected chi connectivity index (χ1v) is 4.64. The Morgan fingerprint density at radius 1 is 1.33 bits per heavy atom.